The van der Waals surface area contributed by atoms with Gasteiger partial charge in [0.2, 0.25) is 0 Å². The zero-order valence-corrected chi connectivity index (χ0v) is 18.0. The number of nitro groups is 1. The quantitative estimate of drug-likeness (QED) is 0.395. The Balaban J connectivity index is 1.89. The van der Waals surface area contributed by atoms with Gasteiger partial charge in [0, 0.05) is 23.8 Å². The van der Waals surface area contributed by atoms with Gasteiger partial charge in [-0.05, 0) is 37.6 Å². The van der Waals surface area contributed by atoms with Crippen molar-refractivity contribution >= 4 is 29.0 Å². The highest BCUT2D eigenvalue weighted by atomic mass is 35.5. The minimum atomic E-state index is -0.480. The number of carbonyl (C=O) groups excluding carboxylic acids is 1. The highest BCUT2D eigenvalue weighted by Gasteiger charge is 2.18. The number of methoxy groups -OCH3 is 1. The minimum absolute atomic E-state index is 0.0367. The van der Waals surface area contributed by atoms with Crippen molar-refractivity contribution in [1.82, 2.24) is 9.78 Å². The summed E-state index contributed by atoms with van der Waals surface area (Å²) in [7, 11) is 1.47. The van der Waals surface area contributed by atoms with Crippen LogP contribution in [0.2, 0.25) is 5.02 Å². The van der Waals surface area contributed by atoms with Crippen LogP contribution in [0.1, 0.15) is 29.4 Å². The van der Waals surface area contributed by atoms with E-state index in [9.17, 15) is 14.9 Å². The highest BCUT2D eigenvalue weighted by molar-refractivity contribution is 6.32. The first-order valence-electron chi connectivity index (χ1n) is 9.47. The van der Waals surface area contributed by atoms with E-state index in [1.807, 2.05) is 6.92 Å². The van der Waals surface area contributed by atoms with Crippen LogP contribution < -0.4 is 14.8 Å². The van der Waals surface area contributed by atoms with E-state index in [1.165, 1.54) is 30.0 Å². The summed E-state index contributed by atoms with van der Waals surface area (Å²) in [5.41, 5.74) is 1.46. The average molecular weight is 445 g/mol. The molecule has 162 valence electrons. The third kappa shape index (κ3) is 4.95. The molecule has 1 N–H and O–H groups in total. The molecule has 9 nitrogen and oxygen atoms in total. The van der Waals surface area contributed by atoms with E-state index in [0.29, 0.717) is 35.3 Å². The van der Waals surface area contributed by atoms with Gasteiger partial charge in [0.05, 0.1) is 35.0 Å². The van der Waals surface area contributed by atoms with Crippen molar-refractivity contribution in [2.24, 2.45) is 0 Å². The van der Waals surface area contributed by atoms with Crippen molar-refractivity contribution in [3.05, 3.63) is 68.9 Å². The number of amides is 1. The molecule has 0 aliphatic heterocycles. The van der Waals surface area contributed by atoms with Gasteiger partial charge in [-0.15, -0.1) is 0 Å². The fourth-order valence-electron chi connectivity index (χ4n) is 2.88. The van der Waals surface area contributed by atoms with Gasteiger partial charge >= 0.3 is 0 Å². The molecule has 3 rings (SSSR count). The van der Waals surface area contributed by atoms with Crippen molar-refractivity contribution < 1.29 is 19.2 Å². The smallest absolute Gasteiger partial charge is 0.269 e. The third-order valence-electron chi connectivity index (χ3n) is 4.32. The summed E-state index contributed by atoms with van der Waals surface area (Å²) in [5.74, 6) is 0.712. The lowest BCUT2D eigenvalue weighted by Gasteiger charge is -2.14. The van der Waals surface area contributed by atoms with Gasteiger partial charge in [-0.3, -0.25) is 14.9 Å². The topological polar surface area (TPSA) is 109 Å². The molecule has 0 unspecified atom stereocenters. The SMILES string of the molecule is CCCOc1c(Cl)cc(C(=O)Nc2cc(C)nn2-c2ccc([N+](=O)[O-])cc2)cc1OC. The Labute approximate surface area is 183 Å². The van der Waals surface area contributed by atoms with Crippen LogP contribution >= 0.6 is 11.6 Å². The Bertz CT molecular complexity index is 1110. The van der Waals surface area contributed by atoms with E-state index in [0.717, 1.165) is 6.42 Å². The summed E-state index contributed by atoms with van der Waals surface area (Å²) in [6, 6.07) is 10.6. The Morgan fingerprint density at radius 1 is 1.26 bits per heavy atom. The lowest BCUT2D eigenvalue weighted by molar-refractivity contribution is -0.384. The predicted molar refractivity (Wildman–Crippen MR) is 117 cm³/mol. The predicted octanol–water partition coefficient (Wildman–Crippen LogP) is 4.79. The zero-order chi connectivity index (χ0) is 22.5. The lowest BCUT2D eigenvalue weighted by Crippen LogP contribution is -2.15. The van der Waals surface area contributed by atoms with Gasteiger partial charge in [-0.25, -0.2) is 4.68 Å². The second kappa shape index (κ2) is 9.48. The number of nitrogens with one attached hydrogen (secondary N) is 1. The molecule has 0 spiro atoms. The van der Waals surface area contributed by atoms with E-state index in [2.05, 4.69) is 10.4 Å². The van der Waals surface area contributed by atoms with Crippen molar-refractivity contribution in [2.75, 3.05) is 19.0 Å². The van der Waals surface area contributed by atoms with E-state index >= 15 is 0 Å². The Kier molecular flexibility index (Phi) is 6.76. The van der Waals surface area contributed by atoms with Crippen LogP contribution in [0.5, 0.6) is 11.5 Å². The number of benzene rings is 2. The summed E-state index contributed by atoms with van der Waals surface area (Å²) >= 11 is 6.31. The highest BCUT2D eigenvalue weighted by Crippen LogP contribution is 2.36. The second-order valence-electron chi connectivity index (χ2n) is 6.65. The summed E-state index contributed by atoms with van der Waals surface area (Å²) in [6.45, 7) is 4.21. The number of nitrogens with zero attached hydrogens (tertiary/aromatic N) is 3. The number of anilines is 1. The number of non-ortho nitro benzene ring substituents is 1. The summed E-state index contributed by atoms with van der Waals surface area (Å²) < 4.78 is 12.4. The third-order valence-corrected chi connectivity index (χ3v) is 4.60. The van der Waals surface area contributed by atoms with Crippen molar-refractivity contribution in [3.8, 4) is 17.2 Å². The maximum atomic E-state index is 12.9. The van der Waals surface area contributed by atoms with E-state index in [-0.39, 0.29) is 16.3 Å². The van der Waals surface area contributed by atoms with Crippen LogP contribution in [-0.4, -0.2) is 34.3 Å². The molecule has 1 heterocycles. The largest absolute Gasteiger partial charge is 0.493 e. The van der Waals surface area contributed by atoms with Crippen molar-refractivity contribution in [2.45, 2.75) is 20.3 Å². The Morgan fingerprint density at radius 3 is 2.58 bits per heavy atom. The van der Waals surface area contributed by atoms with Crippen LogP contribution in [0.15, 0.2) is 42.5 Å². The zero-order valence-electron chi connectivity index (χ0n) is 17.2. The molecule has 10 heteroatoms. The van der Waals surface area contributed by atoms with Crippen molar-refractivity contribution in [3.63, 3.8) is 0 Å². The summed E-state index contributed by atoms with van der Waals surface area (Å²) in [4.78, 5) is 23.3. The number of ether oxygens (including phenoxy) is 2. The fraction of sp³-hybridized carbons (Fsp3) is 0.238. The second-order valence-corrected chi connectivity index (χ2v) is 7.06. The summed E-state index contributed by atoms with van der Waals surface area (Å²) in [6.07, 6.45) is 0.799. The number of hydrogen-bond donors (Lipinski definition) is 1. The van der Waals surface area contributed by atoms with Crippen molar-refractivity contribution in [1.29, 1.82) is 0 Å². The minimum Gasteiger partial charge on any atom is -0.493 e. The lowest BCUT2D eigenvalue weighted by atomic mass is 10.2. The van der Waals surface area contributed by atoms with Crippen LogP contribution in [0.25, 0.3) is 5.69 Å². The van der Waals surface area contributed by atoms with Crippen LogP contribution in [0, 0.1) is 17.0 Å². The monoisotopic (exact) mass is 444 g/mol. The van der Waals surface area contributed by atoms with Gasteiger partial charge in [-0.1, -0.05) is 18.5 Å². The Morgan fingerprint density at radius 2 is 1.97 bits per heavy atom. The van der Waals surface area contributed by atoms with Gasteiger partial charge in [0.15, 0.2) is 11.5 Å². The molecular formula is C21H21ClN4O5. The molecule has 0 aliphatic carbocycles. The van der Waals surface area contributed by atoms with Crippen LogP contribution in [0.4, 0.5) is 11.5 Å². The van der Waals surface area contributed by atoms with Gasteiger partial charge < -0.3 is 14.8 Å². The van der Waals surface area contributed by atoms with Gasteiger partial charge in [0.25, 0.3) is 11.6 Å². The first-order chi connectivity index (χ1) is 14.8. The molecule has 1 aromatic heterocycles. The van der Waals surface area contributed by atoms with Gasteiger partial charge in [-0.2, -0.15) is 5.10 Å². The standard InChI is InChI=1S/C21H21ClN4O5/c1-4-9-31-20-17(22)11-14(12-18(20)30-3)21(27)23-19-10-13(2)24-25(19)15-5-7-16(8-6-15)26(28)29/h5-8,10-12H,4,9H2,1-3H3,(H,23,27). The number of aromatic nitrogens is 2. The van der Waals surface area contributed by atoms with Gasteiger partial charge in [0.1, 0.15) is 5.82 Å². The number of rotatable bonds is 8. The number of hydrogen-bond acceptors (Lipinski definition) is 6. The number of carbonyl (C=O) groups is 1. The molecule has 0 radical (unpaired) electrons. The molecule has 0 aliphatic rings. The van der Waals surface area contributed by atoms with E-state index < -0.39 is 10.8 Å². The number of nitro benzene ring substituents is 1. The van der Waals surface area contributed by atoms with E-state index in [1.54, 1.807) is 31.2 Å². The Hall–Kier alpha value is -3.59. The van der Waals surface area contributed by atoms with Crippen LogP contribution in [0.3, 0.4) is 0 Å². The number of aryl methyl sites for hydroxylation is 1. The first kappa shape index (κ1) is 22.1. The molecule has 1 amide bonds. The molecule has 0 fully saturated rings. The first-order valence-corrected chi connectivity index (χ1v) is 9.85. The molecule has 0 saturated carbocycles. The molecule has 2 aromatic carbocycles. The maximum Gasteiger partial charge on any atom is 0.269 e. The van der Waals surface area contributed by atoms with E-state index in [4.69, 9.17) is 21.1 Å². The molecule has 3 aromatic rings. The average Bonchev–Trinajstić information content (AvgIpc) is 3.12. The normalized spacial score (nSPS) is 10.6. The fourth-order valence-corrected chi connectivity index (χ4v) is 3.15. The molecular weight excluding hydrogens is 424 g/mol. The molecule has 31 heavy (non-hydrogen) atoms. The number of halogens is 1. The maximum absolute atomic E-state index is 12.9. The molecule has 0 saturated heterocycles. The molecule has 0 bridgehead atoms. The summed E-state index contributed by atoms with van der Waals surface area (Å²) in [5, 5.41) is 18.3. The molecule has 0 atom stereocenters. The van der Waals surface area contributed by atoms with Crippen LogP contribution in [-0.2, 0) is 0 Å².